The highest BCUT2D eigenvalue weighted by Gasteiger charge is 2.12. The third kappa shape index (κ3) is 4.57. The topological polar surface area (TPSA) is 30.5 Å². The average Bonchev–Trinajstić information content (AvgIpc) is 2.28. The van der Waals surface area contributed by atoms with E-state index >= 15 is 0 Å². The van der Waals surface area contributed by atoms with Crippen LogP contribution < -0.4 is 14.8 Å². The molecular weight excluding hydrogens is 226 g/mol. The third-order valence-electron chi connectivity index (χ3n) is 2.54. The van der Waals surface area contributed by atoms with E-state index in [0.29, 0.717) is 6.61 Å². The van der Waals surface area contributed by atoms with E-state index in [2.05, 4.69) is 32.2 Å². The lowest BCUT2D eigenvalue weighted by molar-refractivity contribution is 0.308. The first-order chi connectivity index (χ1) is 8.48. The Balaban J connectivity index is 2.72. The van der Waals surface area contributed by atoms with Gasteiger partial charge in [0.1, 0.15) is 0 Å². The molecular formula is C15H25NO2. The number of nitrogens with one attached hydrogen (secondary N) is 1. The summed E-state index contributed by atoms with van der Waals surface area (Å²) in [6.45, 7) is 11.0. The van der Waals surface area contributed by atoms with Gasteiger partial charge in [-0.05, 0) is 18.4 Å². The van der Waals surface area contributed by atoms with Gasteiger partial charge in [0.2, 0.25) is 0 Å². The van der Waals surface area contributed by atoms with Crippen LogP contribution in [-0.4, -0.2) is 20.3 Å². The Labute approximate surface area is 110 Å². The summed E-state index contributed by atoms with van der Waals surface area (Å²) in [5.41, 5.74) is 1.41. The van der Waals surface area contributed by atoms with E-state index in [0.717, 1.165) is 30.2 Å². The Morgan fingerprint density at radius 1 is 1.22 bits per heavy atom. The van der Waals surface area contributed by atoms with E-state index in [1.54, 1.807) is 7.11 Å². The lowest BCUT2D eigenvalue weighted by Gasteiger charge is -2.20. The average molecular weight is 251 g/mol. The Morgan fingerprint density at radius 3 is 2.50 bits per heavy atom. The van der Waals surface area contributed by atoms with Gasteiger partial charge in [-0.3, -0.25) is 0 Å². The summed E-state index contributed by atoms with van der Waals surface area (Å²) in [5, 5.41) is 3.45. The minimum Gasteiger partial charge on any atom is -0.493 e. The van der Waals surface area contributed by atoms with Crippen LogP contribution in [0, 0.1) is 5.41 Å². The summed E-state index contributed by atoms with van der Waals surface area (Å²) in [7, 11) is 1.69. The van der Waals surface area contributed by atoms with Gasteiger partial charge < -0.3 is 14.8 Å². The van der Waals surface area contributed by atoms with Crippen LogP contribution in [0.15, 0.2) is 18.2 Å². The van der Waals surface area contributed by atoms with Crippen molar-refractivity contribution in [1.29, 1.82) is 0 Å². The molecule has 0 aliphatic heterocycles. The fourth-order valence-electron chi connectivity index (χ4n) is 1.77. The molecule has 0 heterocycles. The van der Waals surface area contributed by atoms with Crippen molar-refractivity contribution in [2.75, 3.05) is 20.3 Å². The quantitative estimate of drug-likeness (QED) is 0.842. The minimum atomic E-state index is 0.283. The van der Waals surface area contributed by atoms with E-state index in [1.807, 2.05) is 19.1 Å². The molecule has 3 nitrogen and oxygen atoms in total. The molecule has 0 atom stereocenters. The molecule has 0 unspecified atom stereocenters. The fraction of sp³-hybridized carbons (Fsp3) is 0.600. The summed E-state index contributed by atoms with van der Waals surface area (Å²) in [6.07, 6.45) is 0. The van der Waals surface area contributed by atoms with Gasteiger partial charge in [-0.25, -0.2) is 0 Å². The second kappa shape index (κ2) is 6.64. The molecule has 0 aromatic heterocycles. The monoisotopic (exact) mass is 251 g/mol. The van der Waals surface area contributed by atoms with Gasteiger partial charge in [0.05, 0.1) is 13.7 Å². The lowest BCUT2D eigenvalue weighted by Crippen LogP contribution is -2.26. The maximum atomic E-state index is 5.56. The van der Waals surface area contributed by atoms with Crippen molar-refractivity contribution in [1.82, 2.24) is 5.32 Å². The van der Waals surface area contributed by atoms with Gasteiger partial charge >= 0.3 is 0 Å². The van der Waals surface area contributed by atoms with Crippen molar-refractivity contribution >= 4 is 0 Å². The third-order valence-corrected chi connectivity index (χ3v) is 2.54. The highest BCUT2D eigenvalue weighted by molar-refractivity contribution is 5.46. The van der Waals surface area contributed by atoms with Gasteiger partial charge in [0.25, 0.3) is 0 Å². The Bertz CT molecular complexity index is 369. The Kier molecular flexibility index (Phi) is 5.48. The maximum Gasteiger partial charge on any atom is 0.165 e. The van der Waals surface area contributed by atoms with E-state index < -0.39 is 0 Å². The number of ether oxygens (including phenoxy) is 2. The summed E-state index contributed by atoms with van der Waals surface area (Å²) in [5.74, 6) is 1.65. The number of rotatable bonds is 6. The normalized spacial score (nSPS) is 11.4. The largest absolute Gasteiger partial charge is 0.493 e. The number of hydrogen-bond acceptors (Lipinski definition) is 3. The molecule has 18 heavy (non-hydrogen) atoms. The molecule has 0 radical (unpaired) electrons. The molecule has 0 saturated carbocycles. The van der Waals surface area contributed by atoms with Gasteiger partial charge in [-0.15, -0.1) is 0 Å². The van der Waals surface area contributed by atoms with E-state index in [9.17, 15) is 0 Å². The van der Waals surface area contributed by atoms with Crippen LogP contribution in [0.2, 0.25) is 0 Å². The van der Waals surface area contributed by atoms with E-state index in [4.69, 9.17) is 9.47 Å². The van der Waals surface area contributed by atoms with Crippen LogP contribution in [0.3, 0.4) is 0 Å². The second-order valence-corrected chi connectivity index (χ2v) is 5.55. The fourth-order valence-corrected chi connectivity index (χ4v) is 1.77. The van der Waals surface area contributed by atoms with Crippen molar-refractivity contribution in [3.63, 3.8) is 0 Å². The lowest BCUT2D eigenvalue weighted by atomic mass is 9.97. The molecule has 0 saturated heterocycles. The summed E-state index contributed by atoms with van der Waals surface area (Å²) in [6, 6.07) is 6.01. The SMILES string of the molecule is CCOc1cccc(CNCC(C)(C)C)c1OC. The number of benzene rings is 1. The van der Waals surface area contributed by atoms with Crippen molar-refractivity contribution in [2.45, 2.75) is 34.2 Å². The highest BCUT2D eigenvalue weighted by Crippen LogP contribution is 2.31. The highest BCUT2D eigenvalue weighted by atomic mass is 16.5. The van der Waals surface area contributed by atoms with Gasteiger partial charge in [-0.2, -0.15) is 0 Å². The molecule has 3 heteroatoms. The van der Waals surface area contributed by atoms with Crippen LogP contribution in [0.4, 0.5) is 0 Å². The molecule has 0 aliphatic rings. The van der Waals surface area contributed by atoms with Crippen LogP contribution in [0.25, 0.3) is 0 Å². The molecule has 1 aromatic rings. The zero-order valence-corrected chi connectivity index (χ0v) is 12.2. The van der Waals surface area contributed by atoms with Crippen molar-refractivity contribution < 1.29 is 9.47 Å². The summed E-state index contributed by atoms with van der Waals surface area (Å²) in [4.78, 5) is 0. The zero-order valence-electron chi connectivity index (χ0n) is 12.2. The zero-order chi connectivity index (χ0) is 13.6. The standard InChI is InChI=1S/C15H25NO2/c1-6-18-13-9-7-8-12(14(13)17-5)10-16-11-15(2,3)4/h7-9,16H,6,10-11H2,1-5H3. The molecule has 0 bridgehead atoms. The van der Waals surface area contributed by atoms with Crippen LogP contribution in [-0.2, 0) is 6.54 Å². The molecule has 1 N–H and O–H groups in total. The first kappa shape index (κ1) is 14.8. The van der Waals surface area contributed by atoms with Crippen molar-refractivity contribution in [3.05, 3.63) is 23.8 Å². The molecule has 0 spiro atoms. The first-order valence-corrected chi connectivity index (χ1v) is 6.47. The van der Waals surface area contributed by atoms with Crippen LogP contribution >= 0.6 is 0 Å². The minimum absolute atomic E-state index is 0.283. The van der Waals surface area contributed by atoms with E-state index in [-0.39, 0.29) is 5.41 Å². The predicted molar refractivity (Wildman–Crippen MR) is 75.3 cm³/mol. The molecule has 0 amide bonds. The smallest absolute Gasteiger partial charge is 0.165 e. The van der Waals surface area contributed by atoms with Crippen molar-refractivity contribution in [3.8, 4) is 11.5 Å². The second-order valence-electron chi connectivity index (χ2n) is 5.55. The van der Waals surface area contributed by atoms with Crippen molar-refractivity contribution in [2.24, 2.45) is 5.41 Å². The number of methoxy groups -OCH3 is 1. The number of hydrogen-bond donors (Lipinski definition) is 1. The number of para-hydroxylation sites is 1. The molecule has 1 rings (SSSR count). The van der Waals surface area contributed by atoms with Crippen LogP contribution in [0.5, 0.6) is 11.5 Å². The van der Waals surface area contributed by atoms with E-state index in [1.165, 1.54) is 0 Å². The Morgan fingerprint density at radius 2 is 1.94 bits per heavy atom. The van der Waals surface area contributed by atoms with Gasteiger partial charge in [0, 0.05) is 18.7 Å². The summed E-state index contributed by atoms with van der Waals surface area (Å²) < 4.78 is 11.0. The van der Waals surface area contributed by atoms with Gasteiger partial charge in [-0.1, -0.05) is 32.9 Å². The maximum absolute atomic E-state index is 5.56. The molecule has 0 aliphatic carbocycles. The predicted octanol–water partition coefficient (Wildman–Crippen LogP) is 3.23. The molecule has 0 fully saturated rings. The Hall–Kier alpha value is -1.22. The van der Waals surface area contributed by atoms with Crippen LogP contribution in [0.1, 0.15) is 33.3 Å². The van der Waals surface area contributed by atoms with Gasteiger partial charge in [0.15, 0.2) is 11.5 Å². The molecule has 1 aromatic carbocycles. The summed E-state index contributed by atoms with van der Waals surface area (Å²) >= 11 is 0. The first-order valence-electron chi connectivity index (χ1n) is 6.47. The molecule has 102 valence electrons.